The van der Waals surface area contributed by atoms with Gasteiger partial charge in [0.1, 0.15) is 5.75 Å². The topological polar surface area (TPSA) is 50.2 Å². The number of pyridine rings is 1. The van der Waals surface area contributed by atoms with Crippen LogP contribution in [0.15, 0.2) is 48.3 Å². The number of phenols is 1. The number of allylic oxidation sites excluding steroid dienone is 1. The van der Waals surface area contributed by atoms with Crippen LogP contribution in [0.3, 0.4) is 0 Å². The van der Waals surface area contributed by atoms with E-state index in [-0.39, 0.29) is 11.5 Å². The highest BCUT2D eigenvalue weighted by atomic mass is 16.3. The van der Waals surface area contributed by atoms with Crippen LogP contribution in [0.4, 0.5) is 0 Å². The molecular weight excluding hydrogens is 226 g/mol. The number of carbonyl (C=O) groups excluding carboxylic acids is 1. The summed E-state index contributed by atoms with van der Waals surface area (Å²) in [7, 11) is 0. The van der Waals surface area contributed by atoms with Crippen LogP contribution in [0.25, 0.3) is 6.08 Å². The van der Waals surface area contributed by atoms with E-state index in [0.29, 0.717) is 12.0 Å². The van der Waals surface area contributed by atoms with Gasteiger partial charge in [-0.3, -0.25) is 9.78 Å². The van der Waals surface area contributed by atoms with Crippen molar-refractivity contribution in [3.63, 3.8) is 0 Å². The molecule has 0 radical (unpaired) electrons. The largest absolute Gasteiger partial charge is 0.508 e. The van der Waals surface area contributed by atoms with Gasteiger partial charge in [0.2, 0.25) is 0 Å². The summed E-state index contributed by atoms with van der Waals surface area (Å²) in [6.45, 7) is 0. The Balaban J connectivity index is 2.00. The van der Waals surface area contributed by atoms with Gasteiger partial charge in [0.05, 0.1) is 0 Å². The Hall–Kier alpha value is -2.42. The first-order valence-electron chi connectivity index (χ1n) is 5.71. The lowest BCUT2D eigenvalue weighted by molar-refractivity contribution is 0.104. The van der Waals surface area contributed by atoms with E-state index < -0.39 is 0 Å². The predicted octanol–water partition coefficient (Wildman–Crippen LogP) is 2.61. The molecule has 0 saturated carbocycles. The first kappa shape index (κ1) is 10.7. The van der Waals surface area contributed by atoms with Crippen molar-refractivity contribution in [3.05, 3.63) is 65.0 Å². The summed E-state index contributed by atoms with van der Waals surface area (Å²) in [5, 5.41) is 9.42. The lowest BCUT2D eigenvalue weighted by Crippen LogP contribution is -1.95. The van der Waals surface area contributed by atoms with Gasteiger partial charge in [0.25, 0.3) is 0 Å². The number of Topliss-reactive ketones (excluding diaryl/α,β-unsaturated/α-hetero) is 1. The highest BCUT2D eigenvalue weighted by Crippen LogP contribution is 2.30. The van der Waals surface area contributed by atoms with Crippen molar-refractivity contribution < 1.29 is 9.90 Å². The molecule has 0 aliphatic heterocycles. The van der Waals surface area contributed by atoms with E-state index in [2.05, 4.69) is 4.98 Å². The molecule has 0 spiro atoms. The molecule has 0 saturated heterocycles. The lowest BCUT2D eigenvalue weighted by atomic mass is 10.1. The van der Waals surface area contributed by atoms with Gasteiger partial charge in [-0.15, -0.1) is 0 Å². The summed E-state index contributed by atoms with van der Waals surface area (Å²) in [4.78, 5) is 16.2. The average molecular weight is 237 g/mol. The Kier molecular flexibility index (Phi) is 2.45. The van der Waals surface area contributed by atoms with Crippen molar-refractivity contribution in [2.75, 3.05) is 0 Å². The molecule has 1 aromatic carbocycles. The van der Waals surface area contributed by atoms with Gasteiger partial charge in [-0.2, -0.15) is 0 Å². The van der Waals surface area contributed by atoms with Crippen molar-refractivity contribution >= 4 is 11.9 Å². The monoisotopic (exact) mass is 237 g/mol. The third kappa shape index (κ3) is 1.80. The zero-order chi connectivity index (χ0) is 12.5. The second-order valence-corrected chi connectivity index (χ2v) is 4.30. The van der Waals surface area contributed by atoms with Crippen LogP contribution in [0.5, 0.6) is 5.75 Å². The van der Waals surface area contributed by atoms with Crippen molar-refractivity contribution in [1.29, 1.82) is 0 Å². The number of aromatic nitrogens is 1. The van der Waals surface area contributed by atoms with Gasteiger partial charge in [-0.1, -0.05) is 6.07 Å². The zero-order valence-corrected chi connectivity index (χ0v) is 9.63. The van der Waals surface area contributed by atoms with Gasteiger partial charge >= 0.3 is 0 Å². The van der Waals surface area contributed by atoms with E-state index in [9.17, 15) is 9.90 Å². The summed E-state index contributed by atoms with van der Waals surface area (Å²) in [6.07, 6.45) is 5.84. The first-order chi connectivity index (χ1) is 8.74. The van der Waals surface area contributed by atoms with Gasteiger partial charge < -0.3 is 5.11 Å². The summed E-state index contributed by atoms with van der Waals surface area (Å²) in [5.41, 5.74) is 3.22. The number of rotatable bonds is 1. The summed E-state index contributed by atoms with van der Waals surface area (Å²) < 4.78 is 0. The molecular formula is C15H11NO2. The molecule has 1 N–H and O–H groups in total. The maximum atomic E-state index is 12.1. The average Bonchev–Trinajstić information content (AvgIpc) is 2.67. The van der Waals surface area contributed by atoms with Crippen LogP contribution in [-0.4, -0.2) is 15.9 Å². The summed E-state index contributed by atoms with van der Waals surface area (Å²) in [5.74, 6) is 0.234. The Morgan fingerprint density at radius 3 is 2.94 bits per heavy atom. The van der Waals surface area contributed by atoms with Crippen LogP contribution in [0.2, 0.25) is 0 Å². The Morgan fingerprint density at radius 2 is 2.17 bits per heavy atom. The van der Waals surface area contributed by atoms with E-state index in [1.54, 1.807) is 30.6 Å². The number of benzene rings is 1. The highest BCUT2D eigenvalue weighted by molar-refractivity contribution is 6.15. The van der Waals surface area contributed by atoms with Crippen molar-refractivity contribution in [2.45, 2.75) is 6.42 Å². The van der Waals surface area contributed by atoms with Crippen LogP contribution in [0.1, 0.15) is 21.5 Å². The number of carbonyl (C=O) groups is 1. The molecule has 0 unspecified atom stereocenters. The molecule has 2 aromatic rings. The Labute approximate surface area is 104 Å². The van der Waals surface area contributed by atoms with E-state index in [1.807, 2.05) is 18.2 Å². The molecule has 18 heavy (non-hydrogen) atoms. The molecule has 1 aliphatic carbocycles. The maximum Gasteiger partial charge on any atom is 0.189 e. The van der Waals surface area contributed by atoms with Crippen LogP contribution in [0, 0.1) is 0 Å². The molecule has 3 rings (SSSR count). The first-order valence-corrected chi connectivity index (χ1v) is 5.71. The molecule has 3 nitrogen and oxygen atoms in total. The summed E-state index contributed by atoms with van der Waals surface area (Å²) >= 11 is 0. The quantitative estimate of drug-likeness (QED) is 0.775. The maximum absolute atomic E-state index is 12.1. The van der Waals surface area contributed by atoms with E-state index in [0.717, 1.165) is 16.7 Å². The van der Waals surface area contributed by atoms with Gasteiger partial charge in [0, 0.05) is 30.0 Å². The van der Waals surface area contributed by atoms with E-state index in [4.69, 9.17) is 0 Å². The molecule has 0 amide bonds. The number of nitrogens with zero attached hydrogens (tertiary/aromatic N) is 1. The van der Waals surface area contributed by atoms with Gasteiger partial charge in [0.15, 0.2) is 5.78 Å². The smallest absolute Gasteiger partial charge is 0.189 e. The predicted molar refractivity (Wildman–Crippen MR) is 68.4 cm³/mol. The molecule has 0 bridgehead atoms. The lowest BCUT2D eigenvalue weighted by Gasteiger charge is -1.95. The molecule has 1 aliphatic rings. The number of aromatic hydroxyl groups is 1. The fraction of sp³-hybridized carbons (Fsp3) is 0.0667. The Bertz CT molecular complexity index is 645. The van der Waals surface area contributed by atoms with E-state index >= 15 is 0 Å². The van der Waals surface area contributed by atoms with Gasteiger partial charge in [-0.25, -0.2) is 0 Å². The third-order valence-corrected chi connectivity index (χ3v) is 3.03. The van der Waals surface area contributed by atoms with Crippen LogP contribution < -0.4 is 0 Å². The van der Waals surface area contributed by atoms with Crippen molar-refractivity contribution in [2.24, 2.45) is 0 Å². The number of phenolic OH excluding ortho intramolecular Hbond substituents is 1. The van der Waals surface area contributed by atoms with Crippen LogP contribution in [-0.2, 0) is 6.42 Å². The third-order valence-electron chi connectivity index (χ3n) is 3.03. The molecule has 1 heterocycles. The van der Waals surface area contributed by atoms with E-state index in [1.165, 1.54) is 0 Å². The normalized spacial score (nSPS) is 16.0. The zero-order valence-electron chi connectivity index (χ0n) is 9.63. The minimum atomic E-state index is 0.0360. The molecule has 0 atom stereocenters. The minimum Gasteiger partial charge on any atom is -0.508 e. The van der Waals surface area contributed by atoms with Gasteiger partial charge in [-0.05, 0) is 41.5 Å². The highest BCUT2D eigenvalue weighted by Gasteiger charge is 2.24. The van der Waals surface area contributed by atoms with Crippen molar-refractivity contribution in [1.82, 2.24) is 4.98 Å². The second-order valence-electron chi connectivity index (χ2n) is 4.30. The fourth-order valence-electron chi connectivity index (χ4n) is 2.19. The number of ketones is 1. The fourth-order valence-corrected chi connectivity index (χ4v) is 2.19. The second kappa shape index (κ2) is 4.11. The molecule has 0 fully saturated rings. The molecule has 3 heteroatoms. The molecule has 1 aromatic heterocycles. The molecule has 88 valence electrons. The van der Waals surface area contributed by atoms with Crippen molar-refractivity contribution in [3.8, 4) is 5.75 Å². The number of fused-ring (bicyclic) bond motifs is 1. The Morgan fingerprint density at radius 1 is 1.28 bits per heavy atom. The standard InChI is InChI=1S/C15H11NO2/c17-13-3-4-14-11(8-13)7-12(15(14)18)6-10-2-1-5-16-9-10/h1-6,8-9,17H,7H2/b12-6+. The SMILES string of the molecule is O=C1/C(=C/c2cccnc2)Cc2cc(O)ccc21. The summed E-state index contributed by atoms with van der Waals surface area (Å²) in [6, 6.07) is 8.62. The minimum absolute atomic E-state index is 0.0360. The number of hydrogen-bond donors (Lipinski definition) is 1. The number of hydrogen-bond acceptors (Lipinski definition) is 3. The van der Waals surface area contributed by atoms with Crippen LogP contribution >= 0.6 is 0 Å².